The number of hydrogen-bond donors (Lipinski definition) is 1. The number of hydrogen-bond acceptors (Lipinski definition) is 5. The molecule has 3 aromatic rings. The van der Waals surface area contributed by atoms with Crippen molar-refractivity contribution < 1.29 is 13.2 Å². The number of alkyl halides is 3. The fourth-order valence-corrected chi connectivity index (χ4v) is 2.52. The summed E-state index contributed by atoms with van der Waals surface area (Å²) < 4.78 is 40.4. The monoisotopic (exact) mass is 311 g/mol. The van der Waals surface area contributed by atoms with E-state index in [2.05, 4.69) is 15.1 Å². The lowest BCUT2D eigenvalue weighted by atomic mass is 10.1. The summed E-state index contributed by atoms with van der Waals surface area (Å²) in [6.45, 7) is 0. The number of nitrogens with two attached hydrogens (primary N) is 1. The normalized spacial score (nSPS) is 11.8. The third kappa shape index (κ3) is 2.35. The molecule has 0 atom stereocenters. The fourth-order valence-electron chi connectivity index (χ4n) is 1.87. The van der Waals surface area contributed by atoms with Crippen LogP contribution >= 0.6 is 11.3 Å². The molecule has 0 aliphatic carbocycles. The molecule has 0 aliphatic heterocycles. The quantitative estimate of drug-likeness (QED) is 0.790. The van der Waals surface area contributed by atoms with E-state index in [9.17, 15) is 13.2 Å². The predicted molar refractivity (Wildman–Crippen MR) is 71.9 cm³/mol. The molecule has 9 heteroatoms. The summed E-state index contributed by atoms with van der Waals surface area (Å²) in [4.78, 5) is 7.74. The average Bonchev–Trinajstić information content (AvgIpc) is 3.06. The highest BCUT2D eigenvalue weighted by Gasteiger charge is 2.39. The van der Waals surface area contributed by atoms with Crippen molar-refractivity contribution in [3.05, 3.63) is 41.0 Å². The number of nitrogens with zero attached hydrogens (tertiary/aromatic N) is 4. The highest BCUT2D eigenvalue weighted by Crippen LogP contribution is 2.40. The fraction of sp³-hybridized carbons (Fsp3) is 0.0833. The molecule has 0 saturated carbocycles. The van der Waals surface area contributed by atoms with Crippen molar-refractivity contribution in [3.63, 3.8) is 0 Å². The van der Waals surface area contributed by atoms with Gasteiger partial charge in [-0.2, -0.15) is 34.3 Å². The van der Waals surface area contributed by atoms with Gasteiger partial charge in [0.25, 0.3) is 5.95 Å². The van der Waals surface area contributed by atoms with Gasteiger partial charge in [0.1, 0.15) is 5.82 Å². The zero-order valence-corrected chi connectivity index (χ0v) is 11.2. The van der Waals surface area contributed by atoms with Crippen molar-refractivity contribution in [3.8, 4) is 17.1 Å². The van der Waals surface area contributed by atoms with Crippen molar-refractivity contribution in [2.24, 2.45) is 0 Å². The molecule has 0 fully saturated rings. The Morgan fingerprint density at radius 1 is 1.19 bits per heavy atom. The summed E-state index contributed by atoms with van der Waals surface area (Å²) in [6.07, 6.45) is -1.81. The predicted octanol–water partition coefficient (Wildman–Crippen LogP) is 2.99. The summed E-state index contributed by atoms with van der Waals surface area (Å²) in [7, 11) is 0. The summed E-state index contributed by atoms with van der Waals surface area (Å²) in [5, 5.41) is 6.81. The molecule has 3 rings (SSSR count). The Balaban J connectivity index is 2.26. The first-order valence-electron chi connectivity index (χ1n) is 5.74. The van der Waals surface area contributed by atoms with E-state index >= 15 is 0 Å². The summed E-state index contributed by atoms with van der Waals surface area (Å²) in [5.74, 6) is -0.158. The SMILES string of the molecule is Nc1c(-c2ccsc2)c(C(F)(F)F)nn1-c1ncccn1. The number of rotatable bonds is 2. The Kier molecular flexibility index (Phi) is 3.13. The van der Waals surface area contributed by atoms with Crippen LogP contribution in [0.2, 0.25) is 0 Å². The number of anilines is 1. The molecule has 3 heterocycles. The highest BCUT2D eigenvalue weighted by atomic mass is 32.1. The molecule has 0 radical (unpaired) electrons. The smallest absolute Gasteiger partial charge is 0.383 e. The molecule has 0 unspecified atom stereocenters. The zero-order valence-electron chi connectivity index (χ0n) is 10.4. The molecule has 0 aliphatic rings. The van der Waals surface area contributed by atoms with E-state index in [-0.39, 0.29) is 17.3 Å². The minimum atomic E-state index is -4.62. The molecular formula is C12H8F3N5S. The third-order valence-electron chi connectivity index (χ3n) is 2.74. The van der Waals surface area contributed by atoms with Gasteiger partial charge in [-0.3, -0.25) is 0 Å². The van der Waals surface area contributed by atoms with Crippen molar-refractivity contribution in [2.75, 3.05) is 5.73 Å². The molecule has 0 aromatic carbocycles. The molecule has 21 heavy (non-hydrogen) atoms. The van der Waals surface area contributed by atoms with Gasteiger partial charge < -0.3 is 5.73 Å². The van der Waals surface area contributed by atoms with Gasteiger partial charge in [0.15, 0.2) is 5.69 Å². The maximum Gasteiger partial charge on any atom is 0.435 e. The van der Waals surface area contributed by atoms with Gasteiger partial charge in [0.05, 0.1) is 5.56 Å². The lowest BCUT2D eigenvalue weighted by Crippen LogP contribution is -2.09. The third-order valence-corrected chi connectivity index (χ3v) is 3.42. The minimum absolute atomic E-state index is 0.0121. The first kappa shape index (κ1) is 13.6. The topological polar surface area (TPSA) is 69.6 Å². The van der Waals surface area contributed by atoms with Crippen LogP contribution in [-0.2, 0) is 6.18 Å². The Hall–Kier alpha value is -2.42. The zero-order chi connectivity index (χ0) is 15.0. The van der Waals surface area contributed by atoms with E-state index in [1.54, 1.807) is 22.9 Å². The molecule has 0 amide bonds. The summed E-state index contributed by atoms with van der Waals surface area (Å²) in [6, 6.07) is 3.11. The lowest BCUT2D eigenvalue weighted by Gasteiger charge is -2.04. The Bertz CT molecular complexity index is 749. The van der Waals surface area contributed by atoms with Crippen LogP contribution in [0.1, 0.15) is 5.69 Å². The van der Waals surface area contributed by atoms with Gasteiger partial charge in [0, 0.05) is 12.4 Å². The molecule has 3 aromatic heterocycles. The van der Waals surface area contributed by atoms with Crippen LogP contribution in [0.5, 0.6) is 0 Å². The minimum Gasteiger partial charge on any atom is -0.383 e. The molecule has 0 saturated heterocycles. The van der Waals surface area contributed by atoms with Crippen LogP contribution < -0.4 is 5.73 Å². The van der Waals surface area contributed by atoms with Gasteiger partial charge in [-0.05, 0) is 28.5 Å². The second-order valence-electron chi connectivity index (χ2n) is 4.08. The summed E-state index contributed by atoms with van der Waals surface area (Å²) >= 11 is 1.28. The van der Waals surface area contributed by atoms with Gasteiger partial charge in [0.2, 0.25) is 0 Å². The lowest BCUT2D eigenvalue weighted by molar-refractivity contribution is -0.140. The summed E-state index contributed by atoms with van der Waals surface area (Å²) in [5.41, 5.74) is 5.01. The first-order chi connectivity index (χ1) is 9.98. The van der Waals surface area contributed by atoms with E-state index in [1.165, 1.54) is 23.7 Å². The standard InChI is InChI=1S/C12H8F3N5S/c13-12(14,15)9-8(7-2-5-21-6-7)10(16)20(19-9)11-17-3-1-4-18-11/h1-6H,16H2. The second-order valence-corrected chi connectivity index (χ2v) is 4.86. The van der Waals surface area contributed by atoms with Crippen LogP contribution in [0.15, 0.2) is 35.3 Å². The number of thiophene rings is 1. The molecule has 0 bridgehead atoms. The largest absolute Gasteiger partial charge is 0.435 e. The van der Waals surface area contributed by atoms with Crippen molar-refractivity contribution >= 4 is 17.2 Å². The Labute approximate surface area is 120 Å². The number of aromatic nitrogens is 4. The highest BCUT2D eigenvalue weighted by molar-refractivity contribution is 7.08. The van der Waals surface area contributed by atoms with Gasteiger partial charge in [-0.15, -0.1) is 0 Å². The first-order valence-corrected chi connectivity index (χ1v) is 6.68. The van der Waals surface area contributed by atoms with E-state index in [4.69, 9.17) is 5.73 Å². The molecule has 108 valence electrons. The van der Waals surface area contributed by atoms with Crippen LogP contribution in [0.25, 0.3) is 17.1 Å². The van der Waals surface area contributed by atoms with Crippen molar-refractivity contribution in [1.82, 2.24) is 19.7 Å². The maximum absolute atomic E-state index is 13.2. The second kappa shape index (κ2) is 4.85. The van der Waals surface area contributed by atoms with Crippen LogP contribution in [0.3, 0.4) is 0 Å². The van der Waals surface area contributed by atoms with E-state index in [0.717, 1.165) is 4.68 Å². The Morgan fingerprint density at radius 2 is 1.90 bits per heavy atom. The molecule has 5 nitrogen and oxygen atoms in total. The van der Waals surface area contributed by atoms with Crippen LogP contribution in [-0.4, -0.2) is 19.7 Å². The van der Waals surface area contributed by atoms with E-state index < -0.39 is 11.9 Å². The number of nitrogen functional groups attached to an aromatic ring is 1. The molecule has 0 spiro atoms. The molecule has 2 N–H and O–H groups in total. The van der Waals surface area contributed by atoms with Crippen LogP contribution in [0, 0.1) is 0 Å². The molecular weight excluding hydrogens is 303 g/mol. The van der Waals surface area contributed by atoms with Crippen LogP contribution in [0.4, 0.5) is 19.0 Å². The van der Waals surface area contributed by atoms with Gasteiger partial charge in [-0.1, -0.05) is 0 Å². The average molecular weight is 311 g/mol. The van der Waals surface area contributed by atoms with Crippen molar-refractivity contribution in [2.45, 2.75) is 6.18 Å². The Morgan fingerprint density at radius 3 is 2.48 bits per heavy atom. The van der Waals surface area contributed by atoms with Gasteiger partial charge in [-0.25, -0.2) is 9.97 Å². The van der Waals surface area contributed by atoms with E-state index in [1.807, 2.05) is 0 Å². The van der Waals surface area contributed by atoms with Crippen molar-refractivity contribution in [1.29, 1.82) is 0 Å². The van der Waals surface area contributed by atoms with E-state index in [0.29, 0.717) is 5.56 Å². The van der Waals surface area contributed by atoms with Gasteiger partial charge >= 0.3 is 6.18 Å². The number of halogens is 3. The maximum atomic E-state index is 13.2.